The first-order valence-corrected chi connectivity index (χ1v) is 42.4. The Morgan fingerprint density at radius 1 is 0.500 bits per heavy atom. The summed E-state index contributed by atoms with van der Waals surface area (Å²) in [6.45, 7) is 8.08. The normalized spacial score (nSPS) is 15.7. The molecule has 15 atom stereocenters. The number of guanidine groups is 3. The fourth-order valence-corrected chi connectivity index (χ4v) is 13.4. The Morgan fingerprint density at radius 3 is 1.33 bits per heavy atom. The smallest absolute Gasteiger partial charge is 0.305 e. The monoisotopic (exact) mass is 1880 g/mol. The number of carbonyl (C=O) groups excluding carboxylic acids is 15. The van der Waals surface area contributed by atoms with Crippen LogP contribution in [-0.4, -0.2) is 285 Å². The number of amides is 14. The third kappa shape index (κ3) is 39.8. The molecule has 1 aliphatic rings. The van der Waals surface area contributed by atoms with Crippen LogP contribution in [0.4, 0.5) is 0 Å². The Hall–Kier alpha value is -12.1. The van der Waals surface area contributed by atoms with Crippen molar-refractivity contribution in [1.29, 1.82) is 16.2 Å². The van der Waals surface area contributed by atoms with E-state index in [1.165, 1.54) is 71.2 Å². The number of primary amides is 1. The molecule has 1 aliphatic heterocycles. The number of imidazole rings is 2. The van der Waals surface area contributed by atoms with Crippen molar-refractivity contribution in [2.75, 3.05) is 38.2 Å². The summed E-state index contributed by atoms with van der Waals surface area (Å²) in [5.74, 6) is -20.7. The summed E-state index contributed by atoms with van der Waals surface area (Å²) < 4.78 is -0.745. The molecule has 33 N–H and O–H groups in total. The van der Waals surface area contributed by atoms with Gasteiger partial charge in [0.15, 0.2) is 17.9 Å². The number of hydrogen-bond acceptors (Lipinski definition) is 25. The van der Waals surface area contributed by atoms with E-state index in [1.807, 2.05) is 13.8 Å². The lowest BCUT2D eigenvalue weighted by Crippen LogP contribution is -2.61. The number of nitrogens with zero attached hydrogens (tertiary/aromatic N) is 3. The average Bonchev–Trinajstić information content (AvgIpc) is 1.63. The molecule has 3 rings (SSSR count). The Labute approximate surface area is 731 Å². The average molecular weight is 1880 g/mol. The fourth-order valence-electron chi connectivity index (χ4n) is 12.5. The molecule has 0 unspecified atom stereocenters. The predicted octanol–water partition coefficient (Wildman–Crippen LogP) is -7.25. The molecule has 0 bridgehead atoms. The number of rotatable bonds is 59. The number of carboxylic acid groups (broad SMARTS) is 3. The maximum Gasteiger partial charge on any atom is 0.305 e. The molecule has 1 saturated heterocycles. The number of likely N-dealkylation sites (tertiary alicyclic amines) is 1. The van der Waals surface area contributed by atoms with E-state index in [0.717, 1.165) is 6.92 Å². The van der Waals surface area contributed by atoms with Gasteiger partial charge < -0.3 is 139 Å². The predicted molar refractivity (Wildman–Crippen MR) is 454 cm³/mol. The molecular formula is C73H119IN28O21S. The molecule has 3 heterocycles. The first-order chi connectivity index (χ1) is 58.4. The summed E-state index contributed by atoms with van der Waals surface area (Å²) >= 11 is 2.55. The molecular weight excluding hydrogens is 1760 g/mol. The number of aromatic nitrogens is 4. The van der Waals surface area contributed by atoms with Crippen molar-refractivity contribution >= 4 is 157 Å². The summed E-state index contributed by atoms with van der Waals surface area (Å²) in [4.78, 5) is 262. The number of aromatic amines is 2. The lowest BCUT2D eigenvalue weighted by Gasteiger charge is -2.31. The van der Waals surface area contributed by atoms with Crippen molar-refractivity contribution in [3.63, 3.8) is 0 Å². The summed E-state index contributed by atoms with van der Waals surface area (Å²) in [7, 11) is 0. The molecule has 2 aromatic rings. The quantitative estimate of drug-likeness (QED) is 0.00962. The first-order valence-electron chi connectivity index (χ1n) is 40.0. The highest BCUT2D eigenvalue weighted by Crippen LogP contribution is 2.22. The van der Waals surface area contributed by atoms with E-state index in [-0.39, 0.29) is 126 Å². The van der Waals surface area contributed by atoms with Crippen LogP contribution in [0, 0.1) is 28.1 Å². The highest BCUT2D eigenvalue weighted by molar-refractivity contribution is 14.1. The number of carbonyl (C=O) groups is 18. The summed E-state index contributed by atoms with van der Waals surface area (Å²) in [6.07, 6.45) is 2.20. The van der Waals surface area contributed by atoms with Crippen molar-refractivity contribution in [2.24, 2.45) is 40.5 Å². The zero-order valence-electron chi connectivity index (χ0n) is 69.7. The van der Waals surface area contributed by atoms with Crippen LogP contribution in [0.5, 0.6) is 0 Å². The van der Waals surface area contributed by atoms with E-state index in [4.69, 9.17) is 44.9 Å². The fraction of sp³-hybridized carbons (Fsp3) is 0.630. The van der Waals surface area contributed by atoms with Crippen LogP contribution >= 0.6 is 34.4 Å². The van der Waals surface area contributed by atoms with E-state index < -0.39 is 245 Å². The van der Waals surface area contributed by atoms with Crippen molar-refractivity contribution in [1.82, 2.24) is 105 Å². The van der Waals surface area contributed by atoms with Crippen molar-refractivity contribution in [3.8, 4) is 0 Å². The van der Waals surface area contributed by atoms with Crippen LogP contribution in [0.25, 0.3) is 0 Å². The number of nitrogens with two attached hydrogens (primary N) is 5. The van der Waals surface area contributed by atoms with Gasteiger partial charge in [-0.1, -0.05) is 34.1 Å². The second kappa shape index (κ2) is 55.1. The number of halogens is 1. The molecule has 14 amide bonds. The lowest BCUT2D eigenvalue weighted by atomic mass is 9.97. The van der Waals surface area contributed by atoms with Gasteiger partial charge in [-0.05, 0) is 108 Å². The minimum atomic E-state index is -1.98. The molecule has 51 heteroatoms. The molecule has 0 saturated carbocycles. The third-order valence-electron chi connectivity index (χ3n) is 19.3. The van der Waals surface area contributed by atoms with Crippen LogP contribution in [-0.2, 0) is 99.1 Å². The van der Waals surface area contributed by atoms with Gasteiger partial charge in [-0.25, -0.2) is 9.97 Å². The minimum absolute atomic E-state index is 0.0159. The van der Waals surface area contributed by atoms with Crippen LogP contribution in [0.1, 0.15) is 155 Å². The SMILES string of the molecule is CC[C@H](C)[C@H](NC(=O)[C@H](CC(=O)O)NC(=O)[C@H](CCCNC(=N)N)NC(=O)[C@@H]1CCCN1C(=O)[C@H](CC(C)C)NC(=O)[C@@H](N)CCCNC(=N)N)C(=O)N[C@@H](C)C(=O)N[C@@H](CCC(N)=O)C(=O)N[C@@H](CCC(=O)O)C(=O)N[C@@H](CCCNC(=N)N)C(=O)N[C@@H](CCSC)C(=O)N[C@@H](Cc1c[nH]cn1)C(=O)N[C@@H](Cc1c[nH]cn1)C(=O)N[C@@H](CC(=O)O)C(=O)I. The topological polar surface area (TPSA) is 811 Å². The van der Waals surface area contributed by atoms with E-state index >= 15 is 0 Å². The summed E-state index contributed by atoms with van der Waals surface area (Å²) in [5.41, 5.74) is 28.4. The number of hydrogen-bond donors (Lipinski definition) is 28. The third-order valence-corrected chi connectivity index (χ3v) is 20.7. The first kappa shape index (κ1) is 106. The van der Waals surface area contributed by atoms with E-state index in [9.17, 15) is 102 Å². The number of aliphatic carboxylic acids is 3. The number of H-pyrrole nitrogens is 2. The van der Waals surface area contributed by atoms with Gasteiger partial charge in [0.2, 0.25) is 86.5 Å². The highest BCUT2D eigenvalue weighted by atomic mass is 127. The summed E-state index contributed by atoms with van der Waals surface area (Å²) in [5, 5.41) is 89.4. The van der Waals surface area contributed by atoms with Gasteiger partial charge in [-0.3, -0.25) is 103 Å². The summed E-state index contributed by atoms with van der Waals surface area (Å²) in [6, 6.07) is -21.8. The molecule has 690 valence electrons. The second-order valence-corrected chi connectivity index (χ2v) is 31.9. The molecule has 1 fully saturated rings. The molecule has 49 nitrogen and oxygen atoms in total. The zero-order valence-corrected chi connectivity index (χ0v) is 72.7. The van der Waals surface area contributed by atoms with Gasteiger partial charge in [0, 0.05) is 86.8 Å². The van der Waals surface area contributed by atoms with E-state index in [1.54, 1.807) is 13.2 Å². The largest absolute Gasteiger partial charge is 0.481 e. The van der Waals surface area contributed by atoms with Gasteiger partial charge in [0.05, 0.1) is 42.9 Å². The minimum Gasteiger partial charge on any atom is -0.481 e. The number of carboxylic acids is 3. The second-order valence-electron chi connectivity index (χ2n) is 29.8. The maximum atomic E-state index is 14.7. The van der Waals surface area contributed by atoms with E-state index in [2.05, 4.69) is 99.7 Å². The van der Waals surface area contributed by atoms with Crippen LogP contribution in [0.2, 0.25) is 0 Å². The Kier molecular flexibility index (Phi) is 47.2. The van der Waals surface area contributed by atoms with E-state index in [0.29, 0.717) is 12.8 Å². The maximum absolute atomic E-state index is 14.7. The lowest BCUT2D eigenvalue weighted by molar-refractivity contribution is -0.143. The van der Waals surface area contributed by atoms with Gasteiger partial charge in [-0.15, -0.1) is 0 Å². The zero-order chi connectivity index (χ0) is 93.0. The van der Waals surface area contributed by atoms with Gasteiger partial charge in [0.1, 0.15) is 78.5 Å². The molecule has 0 spiro atoms. The van der Waals surface area contributed by atoms with Gasteiger partial charge in [0.25, 0.3) is 0 Å². The van der Waals surface area contributed by atoms with Crippen LogP contribution in [0.3, 0.4) is 0 Å². The molecule has 0 aromatic carbocycles. The standard InChI is InChI=1S/C73H119IN28O21S/c1-7-36(4)56(101-67(120)49(30-55(108)109)99-61(114)42(14-10-23-87-73(81)82)95-68(121)51-15-11-24-102(51)70(123)50(26-35(2)3)100-59(112)40(75)12-8-21-85-71(77)78)69(122)90-37(5)58(111)91-43(16-18-52(76)103)62(115)93-44(17-19-53(104)105)63(116)92-41(13-9-22-86-72(79)80)60(113)94-45(20-25-124-6)64(117)97-48(28-39-32-84-34-89-39)66(119)98-47(27-38-31-83-33-88-38)65(118)96-46(57(74)110)29-54(106)107/h31-37,40-51,56H,7-30,75H2,1-6H3,(H2,76,103)(H,83,88)(H,84,89)(H,90,122)(H,91,111)(H,92,116)(H,93,115)(H,94,113)(H,95,121)(H,96,118)(H,97,117)(H,98,119)(H,99,114)(H,100,112)(H,101,120)(H,104,105)(H,106,107)(H,108,109)(H4,77,78,85)(H4,79,80,86)(H4,81,82,87)/t36-,37-,40-,41-,42-,43-,44-,45-,46-,47-,48-,49-,50-,51-,56-/m0/s1. The molecule has 0 radical (unpaired) electrons. The molecule has 124 heavy (non-hydrogen) atoms. The Balaban J connectivity index is 1.94. The highest BCUT2D eigenvalue weighted by Gasteiger charge is 2.42. The van der Waals surface area contributed by atoms with Crippen LogP contribution < -0.4 is 108 Å². The Bertz CT molecular complexity index is 4010. The molecule has 0 aliphatic carbocycles. The van der Waals surface area contributed by atoms with Gasteiger partial charge in [-0.2, -0.15) is 11.8 Å². The number of thioether (sulfide) groups is 1. The Morgan fingerprint density at radius 2 is 0.903 bits per heavy atom. The van der Waals surface area contributed by atoms with Crippen LogP contribution in [0.15, 0.2) is 25.0 Å². The number of nitrogens with one attached hydrogen (secondary N) is 20. The van der Waals surface area contributed by atoms with Gasteiger partial charge >= 0.3 is 17.9 Å². The van der Waals surface area contributed by atoms with Crippen molar-refractivity contribution in [2.45, 2.75) is 241 Å². The molecule has 2 aromatic heterocycles. The van der Waals surface area contributed by atoms with Crippen molar-refractivity contribution < 1.29 is 102 Å². The van der Waals surface area contributed by atoms with Crippen molar-refractivity contribution in [3.05, 3.63) is 36.4 Å².